The Morgan fingerprint density at radius 2 is 1.84 bits per heavy atom. The van der Waals surface area contributed by atoms with Crippen LogP contribution in [0.25, 0.3) is 0 Å². The highest BCUT2D eigenvalue weighted by molar-refractivity contribution is 14.1. The SMILES string of the molecule is CC.CCC(=O)N1CCCC1.CCCCCC(NC(=S)Nc1cccc(I)c1)C(C)=O.[HH]. The maximum atomic E-state index is 11.6. The number of benzene rings is 1. The second-order valence-electron chi connectivity index (χ2n) is 7.21. The first kappa shape index (κ1) is 29.8. The van der Waals surface area contributed by atoms with Gasteiger partial charge >= 0.3 is 0 Å². The van der Waals surface area contributed by atoms with E-state index in [1.54, 1.807) is 6.92 Å². The van der Waals surface area contributed by atoms with Crippen LogP contribution in [0, 0.1) is 3.57 Å². The fourth-order valence-electron chi connectivity index (χ4n) is 3.06. The Labute approximate surface area is 209 Å². The van der Waals surface area contributed by atoms with E-state index in [9.17, 15) is 9.59 Å². The van der Waals surface area contributed by atoms with E-state index < -0.39 is 0 Å². The van der Waals surface area contributed by atoms with E-state index in [2.05, 4.69) is 40.1 Å². The van der Waals surface area contributed by atoms with Gasteiger partial charge in [-0.15, -0.1) is 0 Å². The van der Waals surface area contributed by atoms with Crippen molar-refractivity contribution in [2.24, 2.45) is 0 Å². The smallest absolute Gasteiger partial charge is 0.222 e. The topological polar surface area (TPSA) is 61.4 Å². The number of anilines is 1. The van der Waals surface area contributed by atoms with Crippen LogP contribution in [0.15, 0.2) is 24.3 Å². The third-order valence-electron chi connectivity index (χ3n) is 4.74. The summed E-state index contributed by atoms with van der Waals surface area (Å²) in [6, 6.07) is 7.76. The van der Waals surface area contributed by atoms with Gasteiger partial charge in [0.05, 0.1) is 6.04 Å². The van der Waals surface area contributed by atoms with Gasteiger partial charge in [-0.2, -0.15) is 0 Å². The molecule has 0 aromatic heterocycles. The molecule has 7 heteroatoms. The highest BCUT2D eigenvalue weighted by Crippen LogP contribution is 2.12. The molecule has 0 bridgehead atoms. The van der Waals surface area contributed by atoms with E-state index in [4.69, 9.17) is 12.2 Å². The van der Waals surface area contributed by atoms with E-state index in [1.807, 2.05) is 49.9 Å². The molecule has 2 N–H and O–H groups in total. The van der Waals surface area contributed by atoms with Crippen LogP contribution in [0.1, 0.15) is 81.0 Å². The van der Waals surface area contributed by atoms with Gasteiger partial charge < -0.3 is 15.5 Å². The molecular weight excluding hydrogens is 521 g/mol. The largest absolute Gasteiger partial charge is 0.353 e. The minimum atomic E-state index is -0.190. The summed E-state index contributed by atoms with van der Waals surface area (Å²) >= 11 is 7.53. The van der Waals surface area contributed by atoms with Gasteiger partial charge in [0, 0.05) is 30.2 Å². The van der Waals surface area contributed by atoms with E-state index in [1.165, 1.54) is 12.8 Å². The second-order valence-corrected chi connectivity index (χ2v) is 8.86. The molecule has 178 valence electrons. The summed E-state index contributed by atoms with van der Waals surface area (Å²) in [5.41, 5.74) is 0.935. The third-order valence-corrected chi connectivity index (χ3v) is 5.63. The number of carbonyl (C=O) groups excluding carboxylic acids is 2. The minimum Gasteiger partial charge on any atom is -0.353 e. The van der Waals surface area contributed by atoms with Crippen LogP contribution in [-0.2, 0) is 9.59 Å². The van der Waals surface area contributed by atoms with Gasteiger partial charge in [0.2, 0.25) is 5.91 Å². The molecule has 5 nitrogen and oxygen atoms in total. The normalized spacial score (nSPS) is 13.2. The summed E-state index contributed by atoms with van der Waals surface area (Å²) in [5, 5.41) is 6.74. The molecule has 1 amide bonds. The number of thiocarbonyl (C=S) groups is 1. The van der Waals surface area contributed by atoms with Crippen LogP contribution < -0.4 is 10.6 Å². The molecule has 1 saturated heterocycles. The van der Waals surface area contributed by atoms with Gasteiger partial charge in [-0.25, -0.2) is 0 Å². The molecule has 0 radical (unpaired) electrons. The molecule has 2 rings (SSSR count). The lowest BCUT2D eigenvalue weighted by Crippen LogP contribution is -2.41. The predicted octanol–water partition coefficient (Wildman–Crippen LogP) is 6.41. The Kier molecular flexibility index (Phi) is 17.6. The number of likely N-dealkylation sites (tertiary alicyclic amines) is 1. The molecule has 1 aromatic rings. The highest BCUT2D eigenvalue weighted by atomic mass is 127. The predicted molar refractivity (Wildman–Crippen MR) is 147 cm³/mol. The Morgan fingerprint density at radius 3 is 2.35 bits per heavy atom. The molecular formula is C24H42IN3O2S. The van der Waals surface area contributed by atoms with Gasteiger partial charge in [0.25, 0.3) is 0 Å². The maximum absolute atomic E-state index is 11.6. The lowest BCUT2D eigenvalue weighted by atomic mass is 10.1. The van der Waals surface area contributed by atoms with E-state index in [0.717, 1.165) is 48.0 Å². The third kappa shape index (κ3) is 13.7. The van der Waals surface area contributed by atoms with Crippen LogP contribution >= 0.6 is 34.8 Å². The number of carbonyl (C=O) groups is 2. The van der Waals surface area contributed by atoms with Crippen LogP contribution in [0.2, 0.25) is 0 Å². The average molecular weight is 564 g/mol. The first-order valence-corrected chi connectivity index (χ1v) is 13.0. The van der Waals surface area contributed by atoms with Crippen LogP contribution in [0.5, 0.6) is 0 Å². The summed E-state index contributed by atoms with van der Waals surface area (Å²) in [6.07, 6.45) is 7.23. The van der Waals surface area contributed by atoms with Crippen molar-refractivity contribution in [2.45, 2.75) is 85.6 Å². The zero-order chi connectivity index (χ0) is 23.6. The van der Waals surface area contributed by atoms with Crippen LogP contribution in [0.4, 0.5) is 5.69 Å². The highest BCUT2D eigenvalue weighted by Gasteiger charge is 2.15. The van der Waals surface area contributed by atoms with Crippen molar-refractivity contribution in [3.8, 4) is 0 Å². The summed E-state index contributed by atoms with van der Waals surface area (Å²) < 4.78 is 1.14. The van der Waals surface area contributed by atoms with Crippen LogP contribution in [-0.4, -0.2) is 40.8 Å². The molecule has 0 spiro atoms. The van der Waals surface area contributed by atoms with E-state index in [-0.39, 0.29) is 13.3 Å². The van der Waals surface area contributed by atoms with E-state index >= 15 is 0 Å². The average Bonchev–Trinajstić information content (AvgIpc) is 3.29. The van der Waals surface area contributed by atoms with Crippen molar-refractivity contribution in [3.63, 3.8) is 0 Å². The molecule has 1 aromatic carbocycles. The Morgan fingerprint density at radius 1 is 1.19 bits per heavy atom. The number of halogens is 1. The summed E-state index contributed by atoms with van der Waals surface area (Å²) in [4.78, 5) is 24.5. The van der Waals surface area contributed by atoms with Crippen molar-refractivity contribution < 1.29 is 11.0 Å². The number of unbranched alkanes of at least 4 members (excludes halogenated alkanes) is 2. The molecule has 1 fully saturated rings. The van der Waals surface area contributed by atoms with Crippen molar-refractivity contribution in [1.29, 1.82) is 0 Å². The molecule has 1 heterocycles. The number of rotatable bonds is 8. The second kappa shape index (κ2) is 18.4. The number of hydrogen-bond acceptors (Lipinski definition) is 3. The van der Waals surface area contributed by atoms with Gasteiger partial charge in [-0.05, 0) is 79.2 Å². The minimum absolute atomic E-state index is 0. The van der Waals surface area contributed by atoms with Crippen molar-refractivity contribution >= 4 is 57.3 Å². The quantitative estimate of drug-likeness (QED) is 0.218. The summed E-state index contributed by atoms with van der Waals surface area (Å²) in [6.45, 7) is 11.7. The first-order valence-electron chi connectivity index (χ1n) is 11.5. The summed E-state index contributed by atoms with van der Waals surface area (Å²) in [5.74, 6) is 0.445. The Balaban J connectivity index is 0. The van der Waals surface area contributed by atoms with Crippen molar-refractivity contribution in [3.05, 3.63) is 27.8 Å². The number of hydrogen-bond donors (Lipinski definition) is 2. The molecule has 1 aliphatic heterocycles. The maximum Gasteiger partial charge on any atom is 0.222 e. The number of ketones is 1. The molecule has 31 heavy (non-hydrogen) atoms. The number of amides is 1. The molecule has 0 saturated carbocycles. The fourth-order valence-corrected chi connectivity index (χ4v) is 3.86. The number of nitrogens with one attached hydrogen (secondary N) is 2. The molecule has 0 aliphatic carbocycles. The zero-order valence-electron chi connectivity index (χ0n) is 19.8. The number of Topliss-reactive ketones (excluding diaryl/α,β-unsaturated/α-hetero) is 1. The van der Waals surface area contributed by atoms with Crippen molar-refractivity contribution in [1.82, 2.24) is 10.2 Å². The zero-order valence-corrected chi connectivity index (χ0v) is 22.8. The van der Waals surface area contributed by atoms with E-state index in [0.29, 0.717) is 17.4 Å². The standard InChI is InChI=1S/C15H21IN2OS.C7H13NO.C2H6.H2/c1-3-4-5-9-14(11(2)19)18-15(20)17-13-8-6-7-12(16)10-13;1-2-7(9)8-5-3-4-6-8;1-2;/h6-8,10,14H,3-5,9H2,1-2H3,(H2,17,18,20);2-6H2,1H3;1-2H3;1H. The van der Waals surface area contributed by atoms with Crippen molar-refractivity contribution in [2.75, 3.05) is 18.4 Å². The summed E-state index contributed by atoms with van der Waals surface area (Å²) in [7, 11) is 0. The molecule has 1 unspecified atom stereocenters. The van der Waals surface area contributed by atoms with Gasteiger partial charge in [-0.3, -0.25) is 9.59 Å². The molecule has 1 aliphatic rings. The van der Waals surface area contributed by atoms with Gasteiger partial charge in [0.1, 0.15) is 0 Å². The molecule has 1 atom stereocenters. The first-order chi connectivity index (χ1) is 14.9. The lowest BCUT2D eigenvalue weighted by molar-refractivity contribution is -0.129. The van der Waals surface area contributed by atoms with Gasteiger partial charge in [0.15, 0.2) is 10.9 Å². The Bertz CT molecular complexity index is 670. The number of nitrogens with zero attached hydrogens (tertiary/aromatic N) is 1. The monoisotopic (exact) mass is 563 g/mol. The van der Waals surface area contributed by atoms with Gasteiger partial charge in [-0.1, -0.05) is 53.0 Å². The Hall–Kier alpha value is -1.22. The fraction of sp³-hybridized carbons (Fsp3) is 0.625. The lowest BCUT2D eigenvalue weighted by Gasteiger charge is -2.18. The van der Waals surface area contributed by atoms with Crippen LogP contribution in [0.3, 0.4) is 0 Å².